The van der Waals surface area contributed by atoms with E-state index in [9.17, 15) is 9.00 Å². The minimum atomic E-state index is -0.877. The Morgan fingerprint density at radius 2 is 1.94 bits per heavy atom. The van der Waals surface area contributed by atoms with Gasteiger partial charge in [0, 0.05) is 41.5 Å². The lowest BCUT2D eigenvalue weighted by atomic mass is 10.1. The van der Waals surface area contributed by atoms with E-state index in [2.05, 4.69) is 0 Å². The zero-order valence-corrected chi connectivity index (χ0v) is 11.4. The molecule has 0 aromatic heterocycles. The molecule has 1 atom stereocenters. The van der Waals surface area contributed by atoms with Gasteiger partial charge in [0.05, 0.1) is 0 Å². The lowest BCUT2D eigenvalue weighted by molar-refractivity contribution is 0.0773. The molecule has 0 aliphatic heterocycles. The number of amides is 1. The quantitative estimate of drug-likeness (QED) is 0.805. The topological polar surface area (TPSA) is 37.4 Å². The van der Waals surface area contributed by atoms with Crippen molar-refractivity contribution >= 4 is 16.7 Å². The van der Waals surface area contributed by atoms with Crippen molar-refractivity contribution in [2.45, 2.75) is 19.6 Å². The van der Waals surface area contributed by atoms with Crippen LogP contribution in [0.4, 0.5) is 0 Å². The smallest absolute Gasteiger partial charge is 0.253 e. The standard InChI is InChI=1S/C13H19NO2S/c1-4-14(5-2)13(15)12-8-6-7-11(9-12)10-17(3)16/h6-9H,4-5,10H2,1-3H3. The fraction of sp³-hybridized carbons (Fsp3) is 0.462. The summed E-state index contributed by atoms with van der Waals surface area (Å²) in [6, 6.07) is 7.39. The minimum absolute atomic E-state index is 0.0405. The normalized spacial score (nSPS) is 12.2. The van der Waals surface area contributed by atoms with Gasteiger partial charge in [0.1, 0.15) is 0 Å². The molecule has 1 aromatic carbocycles. The van der Waals surface area contributed by atoms with E-state index in [0.717, 1.165) is 5.56 Å². The maximum atomic E-state index is 12.1. The summed E-state index contributed by atoms with van der Waals surface area (Å²) >= 11 is 0. The van der Waals surface area contributed by atoms with Crippen molar-refractivity contribution in [2.24, 2.45) is 0 Å². The first-order valence-electron chi connectivity index (χ1n) is 5.76. The molecule has 0 heterocycles. The third kappa shape index (κ3) is 3.97. The van der Waals surface area contributed by atoms with Gasteiger partial charge in [-0.05, 0) is 31.5 Å². The van der Waals surface area contributed by atoms with Gasteiger partial charge in [0.25, 0.3) is 5.91 Å². The van der Waals surface area contributed by atoms with Crippen molar-refractivity contribution in [2.75, 3.05) is 19.3 Å². The zero-order chi connectivity index (χ0) is 12.8. The van der Waals surface area contributed by atoms with Crippen molar-refractivity contribution in [1.29, 1.82) is 0 Å². The number of nitrogens with zero attached hydrogens (tertiary/aromatic N) is 1. The third-order valence-electron chi connectivity index (χ3n) is 2.59. The predicted molar refractivity (Wildman–Crippen MR) is 71.5 cm³/mol. The number of rotatable bonds is 5. The summed E-state index contributed by atoms with van der Waals surface area (Å²) in [5.41, 5.74) is 1.63. The van der Waals surface area contributed by atoms with Crippen molar-refractivity contribution in [3.63, 3.8) is 0 Å². The highest BCUT2D eigenvalue weighted by Gasteiger charge is 2.12. The largest absolute Gasteiger partial charge is 0.339 e. The van der Waals surface area contributed by atoms with E-state index in [1.165, 1.54) is 0 Å². The molecule has 1 rings (SSSR count). The van der Waals surface area contributed by atoms with Crippen LogP contribution in [0, 0.1) is 0 Å². The van der Waals surface area contributed by atoms with Gasteiger partial charge in [0.15, 0.2) is 0 Å². The zero-order valence-electron chi connectivity index (χ0n) is 10.6. The van der Waals surface area contributed by atoms with E-state index in [1.54, 1.807) is 11.2 Å². The van der Waals surface area contributed by atoms with Crippen LogP contribution >= 0.6 is 0 Å². The number of benzene rings is 1. The summed E-state index contributed by atoms with van der Waals surface area (Å²) in [6.07, 6.45) is 1.67. The molecular formula is C13H19NO2S. The predicted octanol–water partition coefficient (Wildman–Crippen LogP) is 2.05. The molecule has 0 aliphatic carbocycles. The van der Waals surface area contributed by atoms with E-state index >= 15 is 0 Å². The minimum Gasteiger partial charge on any atom is -0.339 e. The van der Waals surface area contributed by atoms with Crippen LogP contribution in [0.3, 0.4) is 0 Å². The average molecular weight is 253 g/mol. The molecule has 1 aromatic rings. The van der Waals surface area contributed by atoms with Crippen molar-refractivity contribution in [1.82, 2.24) is 4.90 Å². The van der Waals surface area contributed by atoms with Crippen LogP contribution in [-0.4, -0.2) is 34.4 Å². The van der Waals surface area contributed by atoms with Crippen LogP contribution < -0.4 is 0 Å². The van der Waals surface area contributed by atoms with E-state index < -0.39 is 10.8 Å². The summed E-state index contributed by atoms with van der Waals surface area (Å²) < 4.78 is 11.2. The van der Waals surface area contributed by atoms with Crippen LogP contribution in [0.25, 0.3) is 0 Å². The Labute approximate surface area is 105 Å². The molecule has 17 heavy (non-hydrogen) atoms. The maximum absolute atomic E-state index is 12.1. The highest BCUT2D eigenvalue weighted by molar-refractivity contribution is 7.83. The molecule has 0 radical (unpaired) electrons. The van der Waals surface area contributed by atoms with Crippen molar-refractivity contribution < 1.29 is 9.00 Å². The molecule has 0 spiro atoms. The van der Waals surface area contributed by atoms with Crippen LogP contribution in [0.2, 0.25) is 0 Å². The van der Waals surface area contributed by atoms with E-state index in [-0.39, 0.29) is 5.91 Å². The van der Waals surface area contributed by atoms with Crippen LogP contribution in [0.1, 0.15) is 29.8 Å². The van der Waals surface area contributed by atoms with Gasteiger partial charge in [-0.3, -0.25) is 9.00 Å². The molecule has 0 bridgehead atoms. The number of carbonyl (C=O) groups is 1. The van der Waals surface area contributed by atoms with E-state index in [4.69, 9.17) is 0 Å². The molecule has 0 fully saturated rings. The number of carbonyl (C=O) groups excluding carboxylic acids is 1. The van der Waals surface area contributed by atoms with Crippen LogP contribution in [0.15, 0.2) is 24.3 Å². The Balaban J connectivity index is 2.90. The van der Waals surface area contributed by atoms with Gasteiger partial charge < -0.3 is 4.90 Å². The first-order valence-corrected chi connectivity index (χ1v) is 7.49. The van der Waals surface area contributed by atoms with Gasteiger partial charge in [-0.1, -0.05) is 12.1 Å². The van der Waals surface area contributed by atoms with Crippen LogP contribution in [0.5, 0.6) is 0 Å². The summed E-state index contributed by atoms with van der Waals surface area (Å²) in [6.45, 7) is 5.34. The molecule has 3 nitrogen and oxygen atoms in total. The van der Waals surface area contributed by atoms with Gasteiger partial charge in [0.2, 0.25) is 0 Å². The summed E-state index contributed by atoms with van der Waals surface area (Å²) in [4.78, 5) is 13.9. The van der Waals surface area contributed by atoms with E-state index in [1.807, 2.05) is 38.1 Å². The van der Waals surface area contributed by atoms with Gasteiger partial charge >= 0.3 is 0 Å². The molecular weight excluding hydrogens is 234 g/mol. The Bertz CT molecular complexity index is 414. The molecule has 94 valence electrons. The number of hydrogen-bond donors (Lipinski definition) is 0. The van der Waals surface area contributed by atoms with Crippen molar-refractivity contribution in [3.8, 4) is 0 Å². The highest BCUT2D eigenvalue weighted by atomic mass is 32.2. The highest BCUT2D eigenvalue weighted by Crippen LogP contribution is 2.10. The molecule has 1 unspecified atom stereocenters. The second-order valence-corrected chi connectivity index (χ2v) is 5.33. The Morgan fingerprint density at radius 3 is 2.47 bits per heavy atom. The molecule has 0 saturated heterocycles. The van der Waals surface area contributed by atoms with Gasteiger partial charge in [-0.25, -0.2) is 0 Å². The maximum Gasteiger partial charge on any atom is 0.253 e. The summed E-state index contributed by atoms with van der Waals surface area (Å²) in [5, 5.41) is 0. The monoisotopic (exact) mass is 253 g/mol. The number of hydrogen-bond acceptors (Lipinski definition) is 2. The average Bonchev–Trinajstić information content (AvgIpc) is 2.30. The lowest BCUT2D eigenvalue weighted by Crippen LogP contribution is -2.30. The SMILES string of the molecule is CCN(CC)C(=O)c1cccc(CS(C)=O)c1. The van der Waals surface area contributed by atoms with Gasteiger partial charge in [-0.15, -0.1) is 0 Å². The second kappa shape index (κ2) is 6.55. The van der Waals surface area contributed by atoms with E-state index in [0.29, 0.717) is 24.4 Å². The molecule has 4 heteroatoms. The third-order valence-corrected chi connectivity index (χ3v) is 3.33. The summed E-state index contributed by atoms with van der Waals surface area (Å²) in [5.74, 6) is 0.540. The lowest BCUT2D eigenvalue weighted by Gasteiger charge is -2.18. The second-order valence-electron chi connectivity index (χ2n) is 3.90. The van der Waals surface area contributed by atoms with Crippen molar-refractivity contribution in [3.05, 3.63) is 35.4 Å². The molecule has 0 aliphatic rings. The Kier molecular flexibility index (Phi) is 5.35. The van der Waals surface area contributed by atoms with Crippen LogP contribution in [-0.2, 0) is 16.6 Å². The molecule has 1 amide bonds. The molecule has 0 saturated carbocycles. The fourth-order valence-corrected chi connectivity index (χ4v) is 2.37. The Morgan fingerprint density at radius 1 is 1.29 bits per heavy atom. The Hall–Kier alpha value is -1.16. The first-order chi connectivity index (χ1) is 8.08. The summed E-state index contributed by atoms with van der Waals surface area (Å²) in [7, 11) is -0.877. The first kappa shape index (κ1) is 13.9. The van der Waals surface area contributed by atoms with Gasteiger partial charge in [-0.2, -0.15) is 0 Å². The fourth-order valence-electron chi connectivity index (χ4n) is 1.72. The molecule has 0 N–H and O–H groups in total.